The third-order valence-electron chi connectivity index (χ3n) is 17.2. The summed E-state index contributed by atoms with van der Waals surface area (Å²) in [6.45, 7) is 14.9. The van der Waals surface area contributed by atoms with Crippen molar-refractivity contribution in [3.8, 4) is 0 Å². The summed E-state index contributed by atoms with van der Waals surface area (Å²) in [5, 5.41) is 83.1. The third-order valence-corrected chi connectivity index (χ3v) is 17.2. The Hall–Kier alpha value is 1.10. The van der Waals surface area contributed by atoms with E-state index in [-0.39, 0.29) is 145 Å². The second kappa shape index (κ2) is 18.9. The van der Waals surface area contributed by atoms with E-state index in [1.54, 1.807) is 0 Å². The van der Waals surface area contributed by atoms with Crippen LogP contribution in [-0.2, 0) is 38.1 Å². The van der Waals surface area contributed by atoms with Crippen molar-refractivity contribution in [1.29, 1.82) is 0 Å². The van der Waals surface area contributed by atoms with Crippen molar-refractivity contribution in [3.05, 3.63) is 11.6 Å². The Morgan fingerprint density at radius 2 is 1.25 bits per heavy atom. The van der Waals surface area contributed by atoms with Gasteiger partial charge in [-0.05, 0) is 110 Å². The van der Waals surface area contributed by atoms with Crippen molar-refractivity contribution in [2.45, 2.75) is 174 Å². The van der Waals surface area contributed by atoms with E-state index in [0.29, 0.717) is 25.7 Å². The molecule has 8 N–H and O–H groups in total. The van der Waals surface area contributed by atoms with Gasteiger partial charge in [0.25, 0.3) is 0 Å². The van der Waals surface area contributed by atoms with Crippen LogP contribution in [0.5, 0.6) is 0 Å². The number of aliphatic hydroxyl groups is 5. The van der Waals surface area contributed by atoms with Crippen LogP contribution >= 0.6 is 0 Å². The van der Waals surface area contributed by atoms with Gasteiger partial charge in [0.15, 0.2) is 30.6 Å². The first-order valence-electron chi connectivity index (χ1n) is 20.7. The SMILES string of the molecule is CC1(C(=O)O)CCC2(C)CCC3(C)C(=CC(=O)C4C5(C)CCC(OC6OC(C(=O)O)C(OC7OC(C(=O)O)C(O)C(O)C7O)C(O)C6O)C(C)(C)C5CCC43C)C2C1.[K].[Na].[Na]. The number of aliphatic hydroxyl groups excluding tert-OH is 5. The van der Waals surface area contributed by atoms with Gasteiger partial charge in [-0.1, -0.05) is 47.1 Å². The summed E-state index contributed by atoms with van der Waals surface area (Å²) in [4.78, 5) is 51.4. The average molecular weight is 908 g/mol. The molecule has 0 bridgehead atoms. The van der Waals surface area contributed by atoms with Crippen LogP contribution in [0.1, 0.15) is 106 Å². The van der Waals surface area contributed by atoms with E-state index >= 15 is 0 Å². The van der Waals surface area contributed by atoms with E-state index in [0.717, 1.165) is 37.7 Å². The predicted molar refractivity (Wildman–Crippen MR) is 217 cm³/mol. The Labute approximate surface area is 443 Å². The van der Waals surface area contributed by atoms with Gasteiger partial charge in [0.2, 0.25) is 0 Å². The van der Waals surface area contributed by atoms with Gasteiger partial charge in [-0.2, -0.15) is 0 Å². The molecule has 4 saturated carbocycles. The Morgan fingerprint density at radius 1 is 0.689 bits per heavy atom. The van der Waals surface area contributed by atoms with Gasteiger partial charge in [-0.3, -0.25) is 9.59 Å². The fourth-order valence-corrected chi connectivity index (χ4v) is 13.4. The summed E-state index contributed by atoms with van der Waals surface area (Å²) < 4.78 is 22.8. The maximum atomic E-state index is 14.8. The summed E-state index contributed by atoms with van der Waals surface area (Å²) >= 11 is 0. The Bertz CT molecular complexity index is 1750. The van der Waals surface area contributed by atoms with Crippen LogP contribution < -0.4 is 0 Å². The molecule has 3 radical (unpaired) electrons. The molecule has 7 aliphatic rings. The van der Waals surface area contributed by atoms with Crippen LogP contribution in [0.2, 0.25) is 0 Å². The smallest absolute Gasteiger partial charge is 0.335 e. The molecule has 2 aliphatic heterocycles. The van der Waals surface area contributed by atoms with Crippen LogP contribution in [0.3, 0.4) is 0 Å². The second-order valence-electron chi connectivity index (χ2n) is 20.6. The first-order chi connectivity index (χ1) is 26.8. The van der Waals surface area contributed by atoms with E-state index in [2.05, 4.69) is 27.7 Å². The fourth-order valence-electron chi connectivity index (χ4n) is 13.4. The van der Waals surface area contributed by atoms with Crippen molar-refractivity contribution in [3.63, 3.8) is 0 Å². The van der Waals surface area contributed by atoms with Crippen molar-refractivity contribution >= 4 is 134 Å². The van der Waals surface area contributed by atoms with E-state index in [1.165, 1.54) is 0 Å². The zero-order valence-corrected chi connectivity index (χ0v) is 44.5. The molecule has 0 aromatic rings. The second-order valence-corrected chi connectivity index (χ2v) is 20.6. The predicted octanol–water partition coefficient (Wildman–Crippen LogP) is 1.10. The molecule has 0 spiro atoms. The van der Waals surface area contributed by atoms with E-state index in [1.807, 2.05) is 26.8 Å². The third kappa shape index (κ3) is 8.65. The molecule has 16 nitrogen and oxygen atoms in total. The number of ether oxygens (including phenoxy) is 4. The number of ketones is 1. The van der Waals surface area contributed by atoms with Gasteiger partial charge in [-0.25, -0.2) is 9.59 Å². The molecule has 19 atom stereocenters. The molecular weight excluding hydrogens is 846 g/mol. The normalized spacial score (nSPS) is 50.0. The van der Waals surface area contributed by atoms with E-state index in [9.17, 15) is 60.0 Å². The number of carbonyl (C=O) groups excluding carboxylic acids is 1. The van der Waals surface area contributed by atoms with E-state index < -0.39 is 107 Å². The van der Waals surface area contributed by atoms with Crippen LogP contribution in [0, 0.1) is 50.2 Å². The number of aliphatic carboxylic acids is 3. The molecule has 19 unspecified atom stereocenters. The standard InChI is InChI=1S/C42H62O16.K.2Na/c1-37(2)21-8-11-42(7)31(20(43)16-18-19-17-39(4,36(53)54)13-12-38(19,3)14-15-41(18,42)6)40(21,5)10-9-22(37)55-34-27(48)25(46)28(30(58-34)33(51)52)56-35-26(47)23(44)24(45)29(57-35)32(49)50;;;/h16,19,21-31,34-35,44-48H,8-15,17H2,1-7H3,(H,49,50)(H,51,52)(H,53,54);;;. The number of carboxylic acid groups (broad SMARTS) is 3. The summed E-state index contributed by atoms with van der Waals surface area (Å²) in [5.74, 6) is -4.42. The molecule has 2 heterocycles. The minimum atomic E-state index is -2.06. The van der Waals surface area contributed by atoms with Gasteiger partial charge >= 0.3 is 17.9 Å². The molecule has 5 aliphatic carbocycles. The zero-order chi connectivity index (χ0) is 42.9. The number of hydrogen-bond acceptors (Lipinski definition) is 13. The maximum absolute atomic E-state index is 14.8. The molecule has 329 valence electrons. The fraction of sp³-hybridized carbons (Fsp3) is 0.857. The van der Waals surface area contributed by atoms with Crippen molar-refractivity contribution in [2.75, 3.05) is 0 Å². The van der Waals surface area contributed by atoms with Gasteiger partial charge in [0, 0.05) is 116 Å². The molecule has 6 fully saturated rings. The van der Waals surface area contributed by atoms with Crippen LogP contribution in [0.15, 0.2) is 11.6 Å². The first kappa shape index (κ1) is 54.7. The van der Waals surface area contributed by atoms with Gasteiger partial charge in [-0.15, -0.1) is 0 Å². The largest absolute Gasteiger partial charge is 0.481 e. The summed E-state index contributed by atoms with van der Waals surface area (Å²) in [6, 6.07) is 0. The number of carbonyl (C=O) groups is 4. The molecule has 7 rings (SSSR count). The average Bonchev–Trinajstić information content (AvgIpc) is 3.13. The minimum Gasteiger partial charge on any atom is -0.481 e. The van der Waals surface area contributed by atoms with Crippen LogP contribution in [-0.4, -0.2) is 243 Å². The molecule has 0 aromatic heterocycles. The van der Waals surface area contributed by atoms with Crippen molar-refractivity contribution in [1.82, 2.24) is 0 Å². The maximum Gasteiger partial charge on any atom is 0.335 e. The molecular formula is C42H62KNa2O16. The van der Waals surface area contributed by atoms with Crippen molar-refractivity contribution in [2.24, 2.45) is 50.2 Å². The van der Waals surface area contributed by atoms with Gasteiger partial charge in [0.1, 0.15) is 36.6 Å². The monoisotopic (exact) mass is 907 g/mol. The number of fused-ring (bicyclic) bond motifs is 7. The van der Waals surface area contributed by atoms with E-state index in [4.69, 9.17) is 18.9 Å². The summed E-state index contributed by atoms with van der Waals surface area (Å²) in [6.07, 6.45) is -12.1. The Morgan fingerprint density at radius 3 is 1.84 bits per heavy atom. The molecule has 0 aromatic carbocycles. The quantitative estimate of drug-likeness (QED) is 0.131. The van der Waals surface area contributed by atoms with Crippen molar-refractivity contribution < 1.29 is 79.0 Å². The van der Waals surface area contributed by atoms with Gasteiger partial charge in [0.05, 0.1) is 11.5 Å². The van der Waals surface area contributed by atoms with Gasteiger partial charge < -0.3 is 59.8 Å². The number of carboxylic acids is 3. The number of hydrogen-bond donors (Lipinski definition) is 8. The summed E-state index contributed by atoms with van der Waals surface area (Å²) in [7, 11) is 0. The van der Waals surface area contributed by atoms with Crippen LogP contribution in [0.4, 0.5) is 0 Å². The molecule has 2 saturated heterocycles. The van der Waals surface area contributed by atoms with Crippen LogP contribution in [0.25, 0.3) is 0 Å². The zero-order valence-electron chi connectivity index (χ0n) is 37.4. The molecule has 61 heavy (non-hydrogen) atoms. The molecule has 19 heteroatoms. The Kier molecular flexibility index (Phi) is 16.9. The Balaban J connectivity index is 0.00000273. The minimum absolute atomic E-state index is 0. The number of allylic oxidation sites excluding steroid dienone is 2. The number of rotatable bonds is 7. The molecule has 0 amide bonds. The first-order valence-corrected chi connectivity index (χ1v) is 20.7. The topological polar surface area (TPSA) is 267 Å². The summed E-state index contributed by atoms with van der Waals surface area (Å²) in [5.41, 5.74) is -1.63.